The van der Waals surface area contributed by atoms with Crippen molar-refractivity contribution in [1.82, 2.24) is 20.4 Å². The molecule has 43 heavy (non-hydrogen) atoms. The third kappa shape index (κ3) is 7.85. The first-order valence-electron chi connectivity index (χ1n) is 15.8. The normalized spacial score (nSPS) is 30.3. The molecule has 0 saturated carbocycles. The summed E-state index contributed by atoms with van der Waals surface area (Å²) in [6, 6.07) is 8.73. The molecule has 10 nitrogen and oxygen atoms in total. The van der Waals surface area contributed by atoms with Crippen molar-refractivity contribution in [3.8, 4) is 0 Å². The van der Waals surface area contributed by atoms with Gasteiger partial charge in [-0.2, -0.15) is 0 Å². The second kappa shape index (κ2) is 13.9. The van der Waals surface area contributed by atoms with E-state index in [1.54, 1.807) is 4.90 Å². The molecule has 4 aliphatic rings. The molecule has 3 saturated heterocycles. The lowest BCUT2D eigenvalue weighted by Gasteiger charge is -2.41. The van der Waals surface area contributed by atoms with Crippen molar-refractivity contribution in [3.63, 3.8) is 0 Å². The van der Waals surface area contributed by atoms with Crippen LogP contribution in [-0.4, -0.2) is 105 Å². The number of carbonyl (C=O) groups is 3. The molecule has 11 heteroatoms. The molecule has 0 aliphatic carbocycles. The van der Waals surface area contributed by atoms with Gasteiger partial charge in [0, 0.05) is 51.4 Å². The van der Waals surface area contributed by atoms with Gasteiger partial charge in [0.05, 0.1) is 23.5 Å². The molecule has 1 aromatic rings. The highest BCUT2D eigenvalue weighted by Gasteiger charge is 2.42. The number of allylic oxidation sites excluding steroid dienone is 2. The van der Waals surface area contributed by atoms with Crippen LogP contribution in [0.3, 0.4) is 0 Å². The van der Waals surface area contributed by atoms with E-state index in [1.165, 1.54) is 0 Å². The van der Waals surface area contributed by atoms with E-state index < -0.39 is 21.3 Å². The fourth-order valence-electron chi connectivity index (χ4n) is 7.14. The molecule has 4 atom stereocenters. The Kier molecular flexibility index (Phi) is 10.2. The van der Waals surface area contributed by atoms with Crippen LogP contribution in [0.5, 0.6) is 0 Å². The molecule has 1 spiro atoms. The highest BCUT2D eigenvalue weighted by Crippen LogP contribution is 2.36. The second-order valence-electron chi connectivity index (χ2n) is 12.7. The number of fused-ring (bicyclic) bond motifs is 1. The lowest BCUT2D eigenvalue weighted by atomic mass is 9.75. The quantitative estimate of drug-likeness (QED) is 0.468. The van der Waals surface area contributed by atoms with Gasteiger partial charge < -0.3 is 20.3 Å². The number of sulfone groups is 1. The van der Waals surface area contributed by atoms with Crippen molar-refractivity contribution in [2.45, 2.75) is 70.0 Å². The fraction of sp³-hybridized carbons (Fsp3) is 0.656. The van der Waals surface area contributed by atoms with E-state index in [0.29, 0.717) is 71.4 Å². The molecule has 0 aromatic heterocycles. The minimum absolute atomic E-state index is 0.0390. The number of nitrogens with zero attached hydrogens (tertiary/aromatic N) is 2. The van der Waals surface area contributed by atoms with E-state index in [-0.39, 0.29) is 53.8 Å². The number of hydrogen-bond donors (Lipinski definition) is 2. The predicted molar refractivity (Wildman–Crippen MR) is 164 cm³/mol. The number of piperidine rings is 1. The molecular weight excluding hydrogens is 568 g/mol. The molecule has 4 aliphatic heterocycles. The summed E-state index contributed by atoms with van der Waals surface area (Å²) < 4.78 is 29.7. The summed E-state index contributed by atoms with van der Waals surface area (Å²) in [6.07, 6.45) is 8.38. The number of likely N-dealkylation sites (N-methyl/N-ethyl adjacent to an activating group) is 1. The maximum atomic E-state index is 13.8. The highest BCUT2D eigenvalue weighted by molar-refractivity contribution is 7.91. The topological polar surface area (TPSA) is 125 Å². The van der Waals surface area contributed by atoms with Crippen LogP contribution in [0.15, 0.2) is 42.5 Å². The van der Waals surface area contributed by atoms with Crippen LogP contribution in [-0.2, 0) is 35.4 Å². The van der Waals surface area contributed by atoms with E-state index in [9.17, 15) is 22.8 Å². The minimum atomic E-state index is -3.08. The van der Waals surface area contributed by atoms with Crippen LogP contribution in [0.2, 0.25) is 0 Å². The Morgan fingerprint density at radius 2 is 1.86 bits per heavy atom. The van der Waals surface area contributed by atoms with Crippen LogP contribution in [0, 0.1) is 11.3 Å². The average molecular weight is 615 g/mol. The summed E-state index contributed by atoms with van der Waals surface area (Å²) >= 11 is 0. The largest absolute Gasteiger partial charge is 0.381 e. The third-order valence-corrected chi connectivity index (χ3v) is 11.5. The molecule has 3 amide bonds. The zero-order chi connectivity index (χ0) is 30.5. The molecule has 1 unspecified atom stereocenters. The summed E-state index contributed by atoms with van der Waals surface area (Å²) in [5.74, 6) is -0.0195. The molecule has 3 fully saturated rings. The van der Waals surface area contributed by atoms with E-state index in [0.717, 1.165) is 12.0 Å². The van der Waals surface area contributed by atoms with E-state index in [1.807, 2.05) is 37.3 Å². The Hall–Kier alpha value is -2.76. The molecule has 5 rings (SSSR count). The Labute approximate surface area is 255 Å². The predicted octanol–water partition coefficient (Wildman–Crippen LogP) is 1.70. The van der Waals surface area contributed by atoms with Gasteiger partial charge in [0.15, 0.2) is 9.84 Å². The van der Waals surface area contributed by atoms with Crippen LogP contribution < -0.4 is 10.6 Å². The van der Waals surface area contributed by atoms with Gasteiger partial charge in [0.1, 0.15) is 6.04 Å². The lowest BCUT2D eigenvalue weighted by Crippen LogP contribution is -2.58. The molecule has 4 heterocycles. The second-order valence-corrected chi connectivity index (χ2v) is 14.9. The number of ether oxygens (including phenoxy) is 1. The van der Waals surface area contributed by atoms with Crippen molar-refractivity contribution in [2.75, 3.05) is 50.9 Å². The number of nitrogens with one attached hydrogen (secondary N) is 2. The van der Waals surface area contributed by atoms with Crippen LogP contribution >= 0.6 is 0 Å². The van der Waals surface area contributed by atoms with Gasteiger partial charge in [0.25, 0.3) is 0 Å². The monoisotopic (exact) mass is 614 g/mol. The first-order valence-corrected chi connectivity index (χ1v) is 17.6. The van der Waals surface area contributed by atoms with Crippen LogP contribution in [0.1, 0.15) is 51.0 Å². The number of carbonyl (C=O) groups excluding carboxylic acids is 3. The van der Waals surface area contributed by atoms with E-state index in [2.05, 4.69) is 27.7 Å². The smallest absolute Gasteiger partial charge is 0.243 e. The van der Waals surface area contributed by atoms with Gasteiger partial charge in [-0.15, -0.1) is 0 Å². The Morgan fingerprint density at radius 1 is 1.09 bits per heavy atom. The Morgan fingerprint density at radius 3 is 2.56 bits per heavy atom. The molecule has 0 radical (unpaired) electrons. The summed E-state index contributed by atoms with van der Waals surface area (Å²) in [6.45, 7) is 4.96. The van der Waals surface area contributed by atoms with Crippen molar-refractivity contribution < 1.29 is 27.5 Å². The summed E-state index contributed by atoms with van der Waals surface area (Å²) in [4.78, 5) is 44.7. The van der Waals surface area contributed by atoms with Gasteiger partial charge >= 0.3 is 0 Å². The number of hydrogen-bond acceptors (Lipinski definition) is 7. The van der Waals surface area contributed by atoms with Gasteiger partial charge in [-0.1, -0.05) is 42.5 Å². The highest BCUT2D eigenvalue weighted by atomic mass is 32.2. The van der Waals surface area contributed by atoms with E-state index >= 15 is 0 Å². The van der Waals surface area contributed by atoms with Crippen molar-refractivity contribution in [2.24, 2.45) is 11.3 Å². The maximum absolute atomic E-state index is 13.8. The number of likely N-dealkylation sites (tertiary alicyclic amines) is 1. The number of rotatable bonds is 6. The molecule has 1 aromatic carbocycles. The summed E-state index contributed by atoms with van der Waals surface area (Å²) in [7, 11) is -3.08. The average Bonchev–Trinajstić information content (AvgIpc) is 3.35. The molecule has 0 bridgehead atoms. The van der Waals surface area contributed by atoms with Gasteiger partial charge in [-0.25, -0.2) is 8.42 Å². The number of amides is 3. The molecule has 2 N–H and O–H groups in total. The first kappa shape index (κ1) is 31.7. The van der Waals surface area contributed by atoms with Crippen molar-refractivity contribution in [3.05, 3.63) is 48.0 Å². The third-order valence-electron chi connectivity index (χ3n) is 9.76. The van der Waals surface area contributed by atoms with Crippen molar-refractivity contribution in [1.29, 1.82) is 0 Å². The van der Waals surface area contributed by atoms with Crippen LogP contribution in [0.25, 0.3) is 0 Å². The van der Waals surface area contributed by atoms with Crippen molar-refractivity contribution >= 4 is 27.6 Å². The fourth-order valence-corrected chi connectivity index (χ4v) is 8.87. The summed E-state index contributed by atoms with van der Waals surface area (Å²) in [5.41, 5.74) is 0.377. The van der Waals surface area contributed by atoms with Gasteiger partial charge in [0.2, 0.25) is 17.7 Å². The SMILES string of the molecule is CCN(C(=O)CN1CC[C@@H]2NC(=O)[C@@H](Cc3ccccc3)NC(=O)C3(C/C=C/C[C@@H]2C1)CCOCC3)C1CCS(=O)(=O)C1. The van der Waals surface area contributed by atoms with Gasteiger partial charge in [-0.05, 0) is 56.9 Å². The Balaban J connectivity index is 1.31. The molecular formula is C32H46N4O6S. The lowest BCUT2D eigenvalue weighted by molar-refractivity contribution is -0.140. The van der Waals surface area contributed by atoms with Gasteiger partial charge in [-0.3, -0.25) is 19.3 Å². The molecule has 236 valence electrons. The van der Waals surface area contributed by atoms with E-state index in [4.69, 9.17) is 4.74 Å². The standard InChI is InChI=1S/C32H46N4O6S/c1-2-36(26-12-19-43(40,41)23-26)29(37)22-35-16-11-27-25(21-35)10-6-7-13-32(14-17-42-18-15-32)31(39)34-28(30(38)33-27)20-24-8-4-3-5-9-24/h3-9,25-28H,2,10-23H2,1H3,(H,33,38)(H,34,39)/b7-6+/t25-,26?,27+,28-/m1/s1. The van der Waals surface area contributed by atoms with Crippen LogP contribution in [0.4, 0.5) is 0 Å². The Bertz CT molecular complexity index is 1280. The maximum Gasteiger partial charge on any atom is 0.243 e. The zero-order valence-corrected chi connectivity index (χ0v) is 26.0. The first-order chi connectivity index (χ1) is 20.7. The summed E-state index contributed by atoms with van der Waals surface area (Å²) in [5, 5.41) is 6.41. The minimum Gasteiger partial charge on any atom is -0.381 e. The number of benzene rings is 1. The zero-order valence-electron chi connectivity index (χ0n) is 25.2.